The summed E-state index contributed by atoms with van der Waals surface area (Å²) in [5, 5.41) is 13.4. The van der Waals surface area contributed by atoms with Gasteiger partial charge < -0.3 is 9.88 Å². The maximum Gasteiger partial charge on any atom is 0.0621 e. The van der Waals surface area contributed by atoms with E-state index >= 15 is 0 Å². The fourth-order valence-corrected chi connectivity index (χ4v) is 2.47. The lowest BCUT2D eigenvalue weighted by Gasteiger charge is -2.12. The van der Waals surface area contributed by atoms with Gasteiger partial charge in [-0.1, -0.05) is 32.0 Å². The SMILES string of the molecule is CC(C)NCc1cccc2ccn(CCCCC#N)c12. The van der Waals surface area contributed by atoms with Crippen LogP contribution >= 0.6 is 0 Å². The standard InChI is InChI=1S/C17H23N3/c1-14(2)19-13-16-8-6-7-15-9-12-20(17(15)16)11-5-3-4-10-18/h6-9,12,14,19H,3-5,11,13H2,1-2H3. The Morgan fingerprint density at radius 3 is 2.85 bits per heavy atom. The van der Waals surface area contributed by atoms with Crippen molar-refractivity contribution in [1.29, 1.82) is 5.26 Å². The summed E-state index contributed by atoms with van der Waals surface area (Å²) in [5.41, 5.74) is 2.68. The summed E-state index contributed by atoms with van der Waals surface area (Å²) in [6, 6.07) is 11.4. The number of nitriles is 1. The largest absolute Gasteiger partial charge is 0.347 e. The van der Waals surface area contributed by atoms with Crippen LogP contribution in [-0.4, -0.2) is 10.6 Å². The van der Waals surface area contributed by atoms with Gasteiger partial charge in [-0.2, -0.15) is 5.26 Å². The van der Waals surface area contributed by atoms with Gasteiger partial charge in [0.25, 0.3) is 0 Å². The Balaban J connectivity index is 2.16. The van der Waals surface area contributed by atoms with Gasteiger partial charge in [0.05, 0.1) is 11.6 Å². The summed E-state index contributed by atoms with van der Waals surface area (Å²) in [6.45, 7) is 6.23. The van der Waals surface area contributed by atoms with Gasteiger partial charge in [0.15, 0.2) is 0 Å². The van der Waals surface area contributed by atoms with Gasteiger partial charge in [-0.15, -0.1) is 0 Å². The number of rotatable bonds is 7. The summed E-state index contributed by atoms with van der Waals surface area (Å²) in [4.78, 5) is 0. The second kappa shape index (κ2) is 7.12. The lowest BCUT2D eigenvalue weighted by Crippen LogP contribution is -2.22. The topological polar surface area (TPSA) is 40.8 Å². The highest BCUT2D eigenvalue weighted by atomic mass is 15.0. The summed E-state index contributed by atoms with van der Waals surface area (Å²) in [5.74, 6) is 0. The van der Waals surface area contributed by atoms with E-state index in [1.165, 1.54) is 16.5 Å². The van der Waals surface area contributed by atoms with E-state index in [1.807, 2.05) is 0 Å². The number of para-hydroxylation sites is 1. The maximum atomic E-state index is 8.60. The van der Waals surface area contributed by atoms with E-state index in [-0.39, 0.29) is 0 Å². The molecule has 1 aromatic carbocycles. The molecule has 0 aliphatic rings. The molecule has 2 rings (SSSR count). The van der Waals surface area contributed by atoms with Crippen LogP contribution in [0.15, 0.2) is 30.5 Å². The average molecular weight is 269 g/mol. The molecule has 0 bridgehead atoms. The van der Waals surface area contributed by atoms with Crippen molar-refractivity contribution in [2.24, 2.45) is 0 Å². The molecule has 0 unspecified atom stereocenters. The van der Waals surface area contributed by atoms with Crippen LogP contribution < -0.4 is 5.32 Å². The van der Waals surface area contributed by atoms with Crippen molar-refractivity contribution in [3.8, 4) is 6.07 Å². The van der Waals surface area contributed by atoms with Gasteiger partial charge in [0.1, 0.15) is 0 Å². The molecular weight excluding hydrogens is 246 g/mol. The Hall–Kier alpha value is -1.79. The third-order valence-corrected chi connectivity index (χ3v) is 3.51. The number of benzene rings is 1. The third-order valence-electron chi connectivity index (χ3n) is 3.51. The van der Waals surface area contributed by atoms with Crippen molar-refractivity contribution >= 4 is 10.9 Å². The van der Waals surface area contributed by atoms with Crippen LogP contribution in [0.5, 0.6) is 0 Å². The number of unbranched alkanes of at least 4 members (excludes halogenated alkanes) is 2. The first-order valence-electron chi connectivity index (χ1n) is 7.39. The first kappa shape index (κ1) is 14.6. The normalized spacial score (nSPS) is 11.1. The zero-order valence-electron chi connectivity index (χ0n) is 12.4. The molecule has 0 saturated heterocycles. The van der Waals surface area contributed by atoms with Crippen molar-refractivity contribution in [2.45, 2.75) is 52.2 Å². The molecule has 0 spiro atoms. The van der Waals surface area contributed by atoms with Gasteiger partial charge in [-0.05, 0) is 29.9 Å². The molecular formula is C17H23N3. The Labute approximate surface area is 121 Å². The van der Waals surface area contributed by atoms with Gasteiger partial charge in [-0.3, -0.25) is 0 Å². The van der Waals surface area contributed by atoms with Crippen LogP contribution in [0.25, 0.3) is 10.9 Å². The van der Waals surface area contributed by atoms with Gasteiger partial charge in [0, 0.05) is 31.7 Å². The molecule has 106 valence electrons. The molecule has 1 heterocycles. The summed E-state index contributed by atoms with van der Waals surface area (Å²) < 4.78 is 2.32. The van der Waals surface area contributed by atoms with Crippen molar-refractivity contribution in [1.82, 2.24) is 9.88 Å². The Morgan fingerprint density at radius 2 is 2.10 bits per heavy atom. The zero-order chi connectivity index (χ0) is 14.4. The summed E-state index contributed by atoms with van der Waals surface area (Å²) >= 11 is 0. The number of nitrogens with one attached hydrogen (secondary N) is 1. The summed E-state index contributed by atoms with van der Waals surface area (Å²) in [7, 11) is 0. The summed E-state index contributed by atoms with van der Waals surface area (Å²) in [6.07, 6.45) is 4.85. The van der Waals surface area contributed by atoms with Gasteiger partial charge in [0.2, 0.25) is 0 Å². The minimum Gasteiger partial charge on any atom is -0.347 e. The van der Waals surface area contributed by atoms with Crippen LogP contribution in [0.2, 0.25) is 0 Å². The molecule has 1 aromatic heterocycles. The predicted octanol–water partition coefficient (Wildman–Crippen LogP) is 3.83. The number of hydrogen-bond acceptors (Lipinski definition) is 2. The molecule has 3 heteroatoms. The lowest BCUT2D eigenvalue weighted by molar-refractivity contribution is 0.586. The van der Waals surface area contributed by atoms with E-state index in [4.69, 9.17) is 5.26 Å². The number of hydrogen-bond donors (Lipinski definition) is 1. The molecule has 3 nitrogen and oxygen atoms in total. The zero-order valence-corrected chi connectivity index (χ0v) is 12.4. The van der Waals surface area contributed by atoms with Crippen LogP contribution in [0.3, 0.4) is 0 Å². The number of fused-ring (bicyclic) bond motifs is 1. The Morgan fingerprint density at radius 1 is 1.25 bits per heavy atom. The highest BCUT2D eigenvalue weighted by molar-refractivity contribution is 5.83. The van der Waals surface area contributed by atoms with Gasteiger partial charge in [-0.25, -0.2) is 0 Å². The first-order chi connectivity index (χ1) is 9.72. The van der Waals surface area contributed by atoms with Crippen LogP contribution in [0.4, 0.5) is 0 Å². The molecule has 0 radical (unpaired) electrons. The molecule has 1 N–H and O–H groups in total. The van der Waals surface area contributed by atoms with E-state index in [0.717, 1.165) is 25.9 Å². The minimum absolute atomic E-state index is 0.490. The fraction of sp³-hybridized carbons (Fsp3) is 0.471. The molecule has 0 atom stereocenters. The van der Waals surface area contributed by atoms with E-state index in [2.05, 4.69) is 60.3 Å². The van der Waals surface area contributed by atoms with Crippen molar-refractivity contribution in [2.75, 3.05) is 0 Å². The second-order valence-electron chi connectivity index (χ2n) is 5.51. The van der Waals surface area contributed by atoms with E-state index < -0.39 is 0 Å². The van der Waals surface area contributed by atoms with Crippen LogP contribution in [0.1, 0.15) is 38.7 Å². The first-order valence-corrected chi connectivity index (χ1v) is 7.39. The lowest BCUT2D eigenvalue weighted by atomic mass is 10.1. The molecule has 0 amide bonds. The quantitative estimate of drug-likeness (QED) is 0.776. The van der Waals surface area contributed by atoms with E-state index in [0.29, 0.717) is 12.5 Å². The average Bonchev–Trinajstić information content (AvgIpc) is 2.85. The van der Waals surface area contributed by atoms with Gasteiger partial charge >= 0.3 is 0 Å². The van der Waals surface area contributed by atoms with E-state index in [1.54, 1.807) is 0 Å². The van der Waals surface area contributed by atoms with Crippen LogP contribution in [0, 0.1) is 11.3 Å². The Kier molecular flexibility index (Phi) is 5.20. The fourth-order valence-electron chi connectivity index (χ4n) is 2.47. The minimum atomic E-state index is 0.490. The molecule has 0 aliphatic carbocycles. The van der Waals surface area contributed by atoms with Crippen molar-refractivity contribution < 1.29 is 0 Å². The molecule has 0 fully saturated rings. The van der Waals surface area contributed by atoms with Crippen LogP contribution in [-0.2, 0) is 13.1 Å². The smallest absolute Gasteiger partial charge is 0.0621 e. The molecule has 0 saturated carbocycles. The number of aromatic nitrogens is 1. The Bertz CT molecular complexity index is 590. The molecule has 20 heavy (non-hydrogen) atoms. The van der Waals surface area contributed by atoms with Crippen molar-refractivity contribution in [3.05, 3.63) is 36.0 Å². The second-order valence-corrected chi connectivity index (χ2v) is 5.51. The monoisotopic (exact) mass is 269 g/mol. The maximum absolute atomic E-state index is 8.60. The number of nitrogens with zero attached hydrogens (tertiary/aromatic N) is 2. The number of aryl methyl sites for hydroxylation is 1. The van der Waals surface area contributed by atoms with E-state index in [9.17, 15) is 0 Å². The van der Waals surface area contributed by atoms with Crippen molar-refractivity contribution in [3.63, 3.8) is 0 Å². The third kappa shape index (κ3) is 3.61. The highest BCUT2D eigenvalue weighted by Crippen LogP contribution is 2.21. The predicted molar refractivity (Wildman–Crippen MR) is 83.4 cm³/mol. The molecule has 2 aromatic rings. The molecule has 0 aliphatic heterocycles. The highest BCUT2D eigenvalue weighted by Gasteiger charge is 2.06.